The van der Waals surface area contributed by atoms with Gasteiger partial charge in [-0.1, -0.05) is 45.9 Å². The summed E-state index contributed by atoms with van der Waals surface area (Å²) in [6.45, 7) is 8.10. The van der Waals surface area contributed by atoms with Gasteiger partial charge in [0.05, 0.1) is 11.7 Å². The summed E-state index contributed by atoms with van der Waals surface area (Å²) in [5, 5.41) is 9.97. The van der Waals surface area contributed by atoms with Crippen LogP contribution in [0.25, 0.3) is 10.9 Å². The van der Waals surface area contributed by atoms with E-state index in [9.17, 15) is 4.57 Å². The van der Waals surface area contributed by atoms with E-state index < -0.39 is 7.14 Å². The Hall–Kier alpha value is -1.21. The van der Waals surface area contributed by atoms with Crippen molar-refractivity contribution in [1.82, 2.24) is 10.2 Å². The average Bonchev–Trinajstić information content (AvgIpc) is 2.36. The topological polar surface area (TPSA) is 42.9 Å². The third-order valence-electron chi connectivity index (χ3n) is 3.44. The van der Waals surface area contributed by atoms with Crippen molar-refractivity contribution in [2.24, 2.45) is 0 Å². The standard InChI is InChI=1S/C14H19N2OP/c1-10(2)18(17,11(3)4)14-9-15-16-13-8-6-5-7-12(13)14/h5-11H,1-4H3. The molecule has 0 aliphatic carbocycles. The molecule has 1 aromatic carbocycles. The molecular weight excluding hydrogens is 243 g/mol. The fourth-order valence-corrected chi connectivity index (χ4v) is 5.53. The Balaban J connectivity index is 2.77. The van der Waals surface area contributed by atoms with E-state index in [2.05, 4.69) is 10.2 Å². The monoisotopic (exact) mass is 262 g/mol. The molecule has 0 unspecified atom stereocenters. The van der Waals surface area contributed by atoms with Crippen molar-refractivity contribution in [2.45, 2.75) is 39.0 Å². The molecule has 1 aromatic heterocycles. The average molecular weight is 262 g/mol. The van der Waals surface area contributed by atoms with Crippen molar-refractivity contribution in [1.29, 1.82) is 0 Å². The van der Waals surface area contributed by atoms with E-state index in [1.807, 2.05) is 52.0 Å². The SMILES string of the molecule is CC(C)P(=O)(c1cnnc2ccccc12)C(C)C. The molecule has 2 aromatic rings. The Morgan fingerprint density at radius 1 is 1.06 bits per heavy atom. The molecule has 18 heavy (non-hydrogen) atoms. The Bertz CT molecular complexity index is 590. The normalized spacial score (nSPS) is 12.6. The van der Waals surface area contributed by atoms with Gasteiger partial charge in [0.1, 0.15) is 7.14 Å². The summed E-state index contributed by atoms with van der Waals surface area (Å²) in [5.74, 6) is 0. The molecule has 2 rings (SSSR count). The van der Waals surface area contributed by atoms with Crippen molar-refractivity contribution < 1.29 is 4.57 Å². The van der Waals surface area contributed by atoms with Crippen LogP contribution in [0.1, 0.15) is 27.7 Å². The van der Waals surface area contributed by atoms with E-state index >= 15 is 0 Å². The Morgan fingerprint density at radius 2 is 1.67 bits per heavy atom. The molecule has 0 atom stereocenters. The first-order chi connectivity index (χ1) is 8.48. The summed E-state index contributed by atoms with van der Waals surface area (Å²) in [6.07, 6.45) is 1.68. The van der Waals surface area contributed by atoms with Crippen LogP contribution >= 0.6 is 7.14 Å². The first kappa shape index (κ1) is 13.2. The van der Waals surface area contributed by atoms with Crippen molar-refractivity contribution in [3.63, 3.8) is 0 Å². The number of rotatable bonds is 3. The van der Waals surface area contributed by atoms with E-state index in [0.29, 0.717) is 0 Å². The van der Waals surface area contributed by atoms with Gasteiger partial charge in [0, 0.05) is 22.0 Å². The van der Waals surface area contributed by atoms with Crippen LogP contribution in [0, 0.1) is 0 Å². The van der Waals surface area contributed by atoms with Crippen LogP contribution in [0.15, 0.2) is 30.5 Å². The fourth-order valence-electron chi connectivity index (χ4n) is 2.42. The van der Waals surface area contributed by atoms with Gasteiger partial charge in [0.2, 0.25) is 0 Å². The molecule has 0 N–H and O–H groups in total. The van der Waals surface area contributed by atoms with Crippen LogP contribution in [0.5, 0.6) is 0 Å². The van der Waals surface area contributed by atoms with Gasteiger partial charge in [0.15, 0.2) is 0 Å². The fraction of sp³-hybridized carbons (Fsp3) is 0.429. The number of benzene rings is 1. The number of fused-ring (bicyclic) bond motifs is 1. The van der Waals surface area contributed by atoms with Crippen LogP contribution in [0.2, 0.25) is 0 Å². The van der Waals surface area contributed by atoms with Gasteiger partial charge in [-0.2, -0.15) is 10.2 Å². The van der Waals surface area contributed by atoms with E-state index in [0.717, 1.165) is 16.2 Å². The van der Waals surface area contributed by atoms with Crippen LogP contribution in [-0.2, 0) is 4.57 Å². The Morgan fingerprint density at radius 3 is 2.28 bits per heavy atom. The zero-order valence-corrected chi connectivity index (χ0v) is 12.2. The van der Waals surface area contributed by atoms with E-state index in [1.165, 1.54) is 0 Å². The summed E-state index contributed by atoms with van der Waals surface area (Å²) in [4.78, 5) is 0. The lowest BCUT2D eigenvalue weighted by molar-refractivity contribution is 0.569. The lowest BCUT2D eigenvalue weighted by Crippen LogP contribution is -2.21. The lowest BCUT2D eigenvalue weighted by atomic mass is 10.2. The predicted molar refractivity (Wildman–Crippen MR) is 77.1 cm³/mol. The second-order valence-electron chi connectivity index (χ2n) is 5.14. The molecule has 4 heteroatoms. The van der Waals surface area contributed by atoms with Gasteiger partial charge in [0.25, 0.3) is 0 Å². The summed E-state index contributed by atoms with van der Waals surface area (Å²) in [5.41, 5.74) is 1.05. The molecule has 1 heterocycles. The third kappa shape index (κ3) is 1.97. The third-order valence-corrected chi connectivity index (χ3v) is 7.61. The van der Waals surface area contributed by atoms with Crippen LogP contribution in [0.4, 0.5) is 0 Å². The molecule has 0 aliphatic heterocycles. The minimum Gasteiger partial charge on any atom is -0.318 e. The maximum Gasteiger partial charge on any atom is 0.122 e. The van der Waals surface area contributed by atoms with Crippen molar-refractivity contribution in [3.8, 4) is 0 Å². The van der Waals surface area contributed by atoms with Crippen molar-refractivity contribution in [3.05, 3.63) is 30.5 Å². The zero-order chi connectivity index (χ0) is 13.3. The van der Waals surface area contributed by atoms with Gasteiger partial charge in [-0.15, -0.1) is 0 Å². The highest BCUT2D eigenvalue weighted by molar-refractivity contribution is 7.73. The molecule has 0 amide bonds. The number of nitrogens with zero attached hydrogens (tertiary/aromatic N) is 2. The maximum atomic E-state index is 13.4. The molecule has 0 radical (unpaired) electrons. The lowest BCUT2D eigenvalue weighted by Gasteiger charge is -2.26. The van der Waals surface area contributed by atoms with Crippen LogP contribution < -0.4 is 5.30 Å². The molecule has 0 bridgehead atoms. The predicted octanol–water partition coefficient (Wildman–Crippen LogP) is 3.44. The minimum absolute atomic E-state index is 0.116. The van der Waals surface area contributed by atoms with E-state index in [-0.39, 0.29) is 11.3 Å². The molecule has 3 nitrogen and oxygen atoms in total. The molecule has 0 spiro atoms. The minimum atomic E-state index is -2.46. The van der Waals surface area contributed by atoms with Gasteiger partial charge in [-0.25, -0.2) is 0 Å². The molecular formula is C14H19N2OP. The molecule has 0 aliphatic rings. The Labute approximate surface area is 108 Å². The molecule has 96 valence electrons. The van der Waals surface area contributed by atoms with Crippen molar-refractivity contribution in [2.75, 3.05) is 0 Å². The van der Waals surface area contributed by atoms with Gasteiger partial charge in [-0.3, -0.25) is 0 Å². The summed E-state index contributed by atoms with van der Waals surface area (Å²) < 4.78 is 13.4. The first-order valence-electron chi connectivity index (χ1n) is 6.28. The number of hydrogen-bond donors (Lipinski definition) is 0. The number of hydrogen-bond acceptors (Lipinski definition) is 3. The van der Waals surface area contributed by atoms with Gasteiger partial charge >= 0.3 is 0 Å². The summed E-state index contributed by atoms with van der Waals surface area (Å²) >= 11 is 0. The van der Waals surface area contributed by atoms with Crippen molar-refractivity contribution >= 4 is 23.3 Å². The highest BCUT2D eigenvalue weighted by atomic mass is 31.2. The summed E-state index contributed by atoms with van der Waals surface area (Å²) in [6, 6.07) is 7.78. The van der Waals surface area contributed by atoms with Gasteiger partial charge < -0.3 is 4.57 Å². The first-order valence-corrected chi connectivity index (χ1v) is 8.12. The van der Waals surface area contributed by atoms with Gasteiger partial charge in [-0.05, 0) is 6.07 Å². The maximum absolute atomic E-state index is 13.4. The molecule has 0 saturated carbocycles. The quantitative estimate of drug-likeness (QED) is 0.796. The van der Waals surface area contributed by atoms with E-state index in [1.54, 1.807) is 6.20 Å². The molecule has 0 saturated heterocycles. The highest BCUT2D eigenvalue weighted by Crippen LogP contribution is 2.54. The second kappa shape index (κ2) is 4.81. The van der Waals surface area contributed by atoms with Crippen LogP contribution in [0.3, 0.4) is 0 Å². The second-order valence-corrected chi connectivity index (χ2v) is 9.11. The van der Waals surface area contributed by atoms with Crippen LogP contribution in [-0.4, -0.2) is 21.5 Å². The highest BCUT2D eigenvalue weighted by Gasteiger charge is 2.34. The smallest absolute Gasteiger partial charge is 0.122 e. The Kier molecular flexibility index (Phi) is 3.54. The zero-order valence-electron chi connectivity index (χ0n) is 11.3. The summed E-state index contributed by atoms with van der Waals surface area (Å²) in [7, 11) is -2.46. The number of aromatic nitrogens is 2. The molecule has 0 fully saturated rings. The van der Waals surface area contributed by atoms with E-state index in [4.69, 9.17) is 0 Å². The largest absolute Gasteiger partial charge is 0.318 e.